The Balaban J connectivity index is 1.75. The van der Waals surface area contributed by atoms with Gasteiger partial charge in [-0.2, -0.15) is 0 Å². The highest BCUT2D eigenvalue weighted by molar-refractivity contribution is 7.92. The van der Waals surface area contributed by atoms with Gasteiger partial charge < -0.3 is 19.9 Å². The molecule has 0 spiro atoms. The van der Waals surface area contributed by atoms with Gasteiger partial charge in [-0.25, -0.2) is 8.42 Å². The van der Waals surface area contributed by atoms with Gasteiger partial charge in [-0.05, 0) is 43.7 Å². The lowest BCUT2D eigenvalue weighted by Crippen LogP contribution is -2.29. The van der Waals surface area contributed by atoms with Crippen LogP contribution in [0.5, 0.6) is 11.5 Å². The number of hydrogen-bond donors (Lipinski definition) is 1. The molecule has 2 N–H and O–H groups in total. The molecule has 0 amide bonds. The van der Waals surface area contributed by atoms with Crippen molar-refractivity contribution < 1.29 is 22.6 Å². The fraction of sp³-hybridized carbons (Fsp3) is 0.429. The molecule has 1 fully saturated rings. The number of hydrogen-bond acceptors (Lipinski definition) is 6. The summed E-state index contributed by atoms with van der Waals surface area (Å²) in [5.74, 6) is 1.05. The van der Waals surface area contributed by atoms with Crippen LogP contribution in [0.25, 0.3) is 0 Å². The maximum atomic E-state index is 13.5. The molecule has 3 unspecified atom stereocenters. The van der Waals surface area contributed by atoms with Gasteiger partial charge in [0.2, 0.25) is 6.79 Å². The highest BCUT2D eigenvalue weighted by Crippen LogP contribution is 2.64. The topological polar surface area (TPSA) is 87.8 Å². The molecule has 2 aromatic carbocycles. The SMILES string of the molecule is CCOCC1(CN)C(c2ccc3c(c2)OCO3)C1S(=O)(=O)c1ccc(C)cc1. The van der Waals surface area contributed by atoms with Crippen molar-refractivity contribution >= 4 is 9.84 Å². The van der Waals surface area contributed by atoms with Crippen LogP contribution in [0.2, 0.25) is 0 Å². The van der Waals surface area contributed by atoms with Gasteiger partial charge in [-0.15, -0.1) is 0 Å². The Labute approximate surface area is 165 Å². The second-order valence-corrected chi connectivity index (χ2v) is 9.51. The number of benzene rings is 2. The fourth-order valence-electron chi connectivity index (χ4n) is 4.20. The summed E-state index contributed by atoms with van der Waals surface area (Å²) >= 11 is 0. The molecule has 1 aliphatic heterocycles. The zero-order valence-corrected chi connectivity index (χ0v) is 16.9. The molecule has 1 saturated carbocycles. The summed E-state index contributed by atoms with van der Waals surface area (Å²) in [4.78, 5) is 0.320. The van der Waals surface area contributed by atoms with Crippen LogP contribution >= 0.6 is 0 Å². The van der Waals surface area contributed by atoms with Crippen LogP contribution in [-0.4, -0.2) is 40.2 Å². The van der Waals surface area contributed by atoms with Crippen molar-refractivity contribution in [3.8, 4) is 11.5 Å². The van der Waals surface area contributed by atoms with E-state index in [2.05, 4.69) is 0 Å². The van der Waals surface area contributed by atoms with E-state index >= 15 is 0 Å². The first-order valence-corrected chi connectivity index (χ1v) is 11.0. The minimum Gasteiger partial charge on any atom is -0.454 e. The van der Waals surface area contributed by atoms with Gasteiger partial charge >= 0.3 is 0 Å². The monoisotopic (exact) mass is 403 g/mol. The number of nitrogens with two attached hydrogens (primary N) is 1. The lowest BCUT2D eigenvalue weighted by Gasteiger charge is -2.16. The van der Waals surface area contributed by atoms with E-state index in [0.717, 1.165) is 11.1 Å². The highest BCUT2D eigenvalue weighted by Gasteiger charge is 2.70. The molecule has 0 saturated heterocycles. The molecule has 1 aliphatic carbocycles. The van der Waals surface area contributed by atoms with Crippen LogP contribution in [0.3, 0.4) is 0 Å². The third kappa shape index (κ3) is 2.98. The van der Waals surface area contributed by atoms with Gasteiger partial charge in [-0.3, -0.25) is 0 Å². The highest BCUT2D eigenvalue weighted by atomic mass is 32.2. The quantitative estimate of drug-likeness (QED) is 0.765. The molecular formula is C21H25NO5S. The molecule has 2 aliphatic rings. The summed E-state index contributed by atoms with van der Waals surface area (Å²) in [6, 6.07) is 12.6. The van der Waals surface area contributed by atoms with Gasteiger partial charge in [0.25, 0.3) is 0 Å². The Kier molecular flexibility index (Phi) is 4.85. The van der Waals surface area contributed by atoms with E-state index in [1.165, 1.54) is 0 Å². The lowest BCUT2D eigenvalue weighted by molar-refractivity contribution is 0.101. The molecule has 3 atom stereocenters. The molecule has 0 radical (unpaired) electrons. The molecule has 150 valence electrons. The molecule has 28 heavy (non-hydrogen) atoms. The minimum absolute atomic E-state index is 0.176. The Bertz CT molecular complexity index is 973. The fourth-order valence-corrected chi connectivity index (χ4v) is 6.64. The molecular weight excluding hydrogens is 378 g/mol. The lowest BCUT2D eigenvalue weighted by atomic mass is 9.99. The Hall–Kier alpha value is -2.09. The van der Waals surface area contributed by atoms with Crippen molar-refractivity contribution in [3.63, 3.8) is 0 Å². The number of sulfone groups is 1. The Morgan fingerprint density at radius 1 is 1.14 bits per heavy atom. The number of rotatable bonds is 7. The Morgan fingerprint density at radius 2 is 1.86 bits per heavy atom. The number of ether oxygens (including phenoxy) is 3. The molecule has 7 heteroatoms. The largest absolute Gasteiger partial charge is 0.454 e. The zero-order chi connectivity index (χ0) is 19.9. The van der Waals surface area contributed by atoms with Gasteiger partial charge in [0.05, 0.1) is 16.8 Å². The predicted molar refractivity (Wildman–Crippen MR) is 105 cm³/mol. The van der Waals surface area contributed by atoms with Crippen LogP contribution in [0.1, 0.15) is 24.0 Å². The summed E-state index contributed by atoms with van der Waals surface area (Å²) in [5, 5.41) is -0.639. The van der Waals surface area contributed by atoms with Crippen LogP contribution in [0.15, 0.2) is 47.4 Å². The van der Waals surface area contributed by atoms with Gasteiger partial charge in [0, 0.05) is 24.5 Å². The minimum atomic E-state index is -3.58. The average Bonchev–Trinajstić information content (AvgIpc) is 3.15. The first kappa shape index (κ1) is 19.2. The second kappa shape index (κ2) is 7.06. The number of aryl methyl sites for hydroxylation is 1. The standard InChI is InChI=1S/C21H25NO5S/c1-3-25-12-21(11-22)19(15-6-9-17-18(10-15)27-13-26-17)20(21)28(23,24)16-7-4-14(2)5-8-16/h4-10,19-20H,3,11-13,22H2,1-2H3. The first-order valence-electron chi connectivity index (χ1n) is 9.42. The third-order valence-corrected chi connectivity index (χ3v) is 8.11. The van der Waals surface area contributed by atoms with Crippen molar-refractivity contribution in [1.29, 1.82) is 0 Å². The van der Waals surface area contributed by atoms with Gasteiger partial charge in [0.1, 0.15) is 0 Å². The zero-order valence-electron chi connectivity index (χ0n) is 16.1. The summed E-state index contributed by atoms with van der Waals surface area (Å²) in [6.07, 6.45) is 0. The van der Waals surface area contributed by atoms with Crippen molar-refractivity contribution in [2.75, 3.05) is 26.6 Å². The predicted octanol–water partition coefficient (Wildman–Crippen LogP) is 2.65. The maximum absolute atomic E-state index is 13.5. The van der Waals surface area contributed by atoms with E-state index in [0.29, 0.717) is 29.6 Å². The molecule has 6 nitrogen and oxygen atoms in total. The van der Waals surface area contributed by atoms with Gasteiger partial charge in [-0.1, -0.05) is 23.8 Å². The van der Waals surface area contributed by atoms with E-state index in [1.54, 1.807) is 12.1 Å². The van der Waals surface area contributed by atoms with Crippen LogP contribution in [0.4, 0.5) is 0 Å². The van der Waals surface area contributed by atoms with E-state index in [-0.39, 0.29) is 19.3 Å². The smallest absolute Gasteiger partial charge is 0.231 e. The van der Waals surface area contributed by atoms with E-state index in [1.807, 2.05) is 44.2 Å². The van der Waals surface area contributed by atoms with E-state index < -0.39 is 20.5 Å². The normalized spacial score (nSPS) is 25.7. The summed E-state index contributed by atoms with van der Waals surface area (Å²) < 4.78 is 43.5. The molecule has 2 aromatic rings. The van der Waals surface area contributed by atoms with Gasteiger partial charge in [0.15, 0.2) is 21.3 Å². The molecule has 1 heterocycles. The molecule has 0 bridgehead atoms. The third-order valence-electron chi connectivity index (χ3n) is 5.77. The van der Waals surface area contributed by atoms with Crippen molar-refractivity contribution in [1.82, 2.24) is 0 Å². The van der Waals surface area contributed by atoms with E-state index in [4.69, 9.17) is 19.9 Å². The Morgan fingerprint density at radius 3 is 2.54 bits per heavy atom. The molecule has 0 aromatic heterocycles. The van der Waals surface area contributed by atoms with Crippen molar-refractivity contribution in [3.05, 3.63) is 53.6 Å². The second-order valence-electron chi connectivity index (χ2n) is 7.44. The summed E-state index contributed by atoms with van der Waals surface area (Å²) in [7, 11) is -3.58. The maximum Gasteiger partial charge on any atom is 0.231 e. The van der Waals surface area contributed by atoms with Crippen LogP contribution in [-0.2, 0) is 14.6 Å². The van der Waals surface area contributed by atoms with Crippen LogP contribution < -0.4 is 15.2 Å². The van der Waals surface area contributed by atoms with Crippen LogP contribution in [0, 0.1) is 12.3 Å². The first-order chi connectivity index (χ1) is 13.4. The van der Waals surface area contributed by atoms with Crippen molar-refractivity contribution in [2.24, 2.45) is 11.1 Å². The summed E-state index contributed by atoms with van der Waals surface area (Å²) in [5.41, 5.74) is 7.38. The number of fused-ring (bicyclic) bond motifs is 1. The van der Waals surface area contributed by atoms with Crippen molar-refractivity contribution in [2.45, 2.75) is 29.9 Å². The van der Waals surface area contributed by atoms with E-state index in [9.17, 15) is 8.42 Å². The average molecular weight is 404 g/mol. The molecule has 4 rings (SSSR count). The summed E-state index contributed by atoms with van der Waals surface area (Å²) in [6.45, 7) is 5.03.